The van der Waals surface area contributed by atoms with E-state index in [2.05, 4.69) is 6.07 Å². The second-order valence-electron chi connectivity index (χ2n) is 10.1. The standard InChI is InChI=1S/C31H26ClFN4O4/c1-17-12-18(2)23(13-19(17)16-41-22-9-6-20(33)7-10-22)29-24(15-34)31(35)36(26-4-3-5-28(38)30(26)29)21-8-11-25(32)27(14-21)37(39)40/h6-14,29H,3-5,16,35H2,1-2H3. The third-order valence-corrected chi connectivity index (χ3v) is 7.86. The summed E-state index contributed by atoms with van der Waals surface area (Å²) in [6, 6.07) is 16.2. The Morgan fingerprint density at radius 1 is 1.15 bits per heavy atom. The second kappa shape index (κ2) is 11.1. The fourth-order valence-electron chi connectivity index (χ4n) is 5.55. The number of ether oxygens (including phenoxy) is 1. The van der Waals surface area contributed by atoms with Crippen molar-refractivity contribution in [2.75, 3.05) is 4.90 Å². The summed E-state index contributed by atoms with van der Waals surface area (Å²) in [6.45, 7) is 4.06. The molecule has 3 aromatic carbocycles. The summed E-state index contributed by atoms with van der Waals surface area (Å²) in [6.07, 6.45) is 1.39. The number of benzene rings is 3. The fourth-order valence-corrected chi connectivity index (χ4v) is 5.73. The molecule has 0 radical (unpaired) electrons. The van der Waals surface area contributed by atoms with Gasteiger partial charge in [0.1, 0.15) is 29.0 Å². The predicted molar refractivity (Wildman–Crippen MR) is 153 cm³/mol. The summed E-state index contributed by atoms with van der Waals surface area (Å²) >= 11 is 6.05. The van der Waals surface area contributed by atoms with Gasteiger partial charge in [0, 0.05) is 23.8 Å². The minimum Gasteiger partial charge on any atom is -0.489 e. The molecule has 1 aliphatic heterocycles. The van der Waals surface area contributed by atoms with Crippen molar-refractivity contribution >= 4 is 28.8 Å². The van der Waals surface area contributed by atoms with Crippen molar-refractivity contribution in [1.29, 1.82) is 5.26 Å². The van der Waals surface area contributed by atoms with Crippen molar-refractivity contribution in [2.45, 2.75) is 45.6 Å². The molecule has 1 unspecified atom stereocenters. The Bertz CT molecular complexity index is 1690. The van der Waals surface area contributed by atoms with Crippen LogP contribution in [0.4, 0.5) is 15.8 Å². The number of anilines is 1. The number of rotatable bonds is 6. The number of halogens is 2. The lowest BCUT2D eigenvalue weighted by atomic mass is 9.74. The third-order valence-electron chi connectivity index (χ3n) is 7.54. The summed E-state index contributed by atoms with van der Waals surface area (Å²) in [5, 5.41) is 21.9. The van der Waals surface area contributed by atoms with Gasteiger partial charge in [-0.2, -0.15) is 5.26 Å². The molecule has 1 aliphatic carbocycles. The van der Waals surface area contributed by atoms with Gasteiger partial charge in [-0.3, -0.25) is 19.8 Å². The number of Topliss-reactive ketones (excluding diaryl/α,β-unsaturated/α-hetero) is 1. The molecule has 3 aromatic rings. The van der Waals surface area contributed by atoms with Gasteiger partial charge in [-0.15, -0.1) is 0 Å². The number of aryl methyl sites for hydroxylation is 2. The topological polar surface area (TPSA) is 122 Å². The molecule has 2 N–H and O–H groups in total. The molecule has 1 atom stereocenters. The average Bonchev–Trinajstić information content (AvgIpc) is 2.93. The summed E-state index contributed by atoms with van der Waals surface area (Å²) in [5.74, 6) is -0.569. The molecule has 0 fully saturated rings. The van der Waals surface area contributed by atoms with E-state index >= 15 is 0 Å². The van der Waals surface area contributed by atoms with Crippen LogP contribution in [0.5, 0.6) is 5.75 Å². The smallest absolute Gasteiger partial charge is 0.289 e. The Labute approximate surface area is 241 Å². The Kier molecular flexibility index (Phi) is 7.52. The Balaban J connectivity index is 1.64. The summed E-state index contributed by atoms with van der Waals surface area (Å²) in [7, 11) is 0. The number of nitro benzene ring substituents is 1. The van der Waals surface area contributed by atoms with Crippen LogP contribution < -0.4 is 15.4 Å². The van der Waals surface area contributed by atoms with E-state index in [1.807, 2.05) is 26.0 Å². The molecule has 0 spiro atoms. The van der Waals surface area contributed by atoms with Crippen LogP contribution in [-0.4, -0.2) is 10.7 Å². The minimum absolute atomic E-state index is 0.0312. The molecule has 0 saturated heterocycles. The van der Waals surface area contributed by atoms with Gasteiger partial charge in [0.05, 0.1) is 28.2 Å². The molecule has 10 heteroatoms. The maximum absolute atomic E-state index is 13.5. The van der Waals surface area contributed by atoms with Crippen LogP contribution >= 0.6 is 11.6 Å². The van der Waals surface area contributed by atoms with Gasteiger partial charge < -0.3 is 10.5 Å². The van der Waals surface area contributed by atoms with E-state index < -0.39 is 10.8 Å². The minimum atomic E-state index is -0.716. The summed E-state index contributed by atoms with van der Waals surface area (Å²) in [4.78, 5) is 26.1. The highest BCUT2D eigenvalue weighted by Gasteiger charge is 2.41. The van der Waals surface area contributed by atoms with E-state index in [-0.39, 0.29) is 40.3 Å². The average molecular weight is 573 g/mol. The van der Waals surface area contributed by atoms with E-state index in [0.29, 0.717) is 42.0 Å². The Morgan fingerprint density at radius 3 is 2.56 bits per heavy atom. The van der Waals surface area contributed by atoms with Gasteiger partial charge in [0.15, 0.2) is 5.78 Å². The first-order chi connectivity index (χ1) is 19.6. The number of hydrogen-bond donors (Lipinski definition) is 1. The van der Waals surface area contributed by atoms with E-state index in [9.17, 15) is 24.6 Å². The molecule has 8 nitrogen and oxygen atoms in total. The molecule has 41 heavy (non-hydrogen) atoms. The van der Waals surface area contributed by atoms with Gasteiger partial charge in [0.2, 0.25) is 0 Å². The number of ketones is 1. The van der Waals surface area contributed by atoms with Crippen molar-refractivity contribution in [3.63, 3.8) is 0 Å². The molecule has 0 aromatic heterocycles. The van der Waals surface area contributed by atoms with Crippen LogP contribution in [0.15, 0.2) is 77.3 Å². The van der Waals surface area contributed by atoms with Gasteiger partial charge in [0.25, 0.3) is 5.69 Å². The lowest BCUT2D eigenvalue weighted by molar-refractivity contribution is -0.384. The van der Waals surface area contributed by atoms with E-state index in [0.717, 1.165) is 22.3 Å². The van der Waals surface area contributed by atoms with E-state index in [4.69, 9.17) is 22.1 Å². The molecule has 208 valence electrons. The Morgan fingerprint density at radius 2 is 1.88 bits per heavy atom. The van der Waals surface area contributed by atoms with Gasteiger partial charge in [-0.25, -0.2) is 4.39 Å². The molecular weight excluding hydrogens is 547 g/mol. The fraction of sp³-hybridized carbons (Fsp3) is 0.226. The van der Waals surface area contributed by atoms with Crippen LogP contribution in [0.3, 0.4) is 0 Å². The number of carbonyl (C=O) groups is 1. The molecule has 5 rings (SSSR count). The number of nitro groups is 1. The zero-order valence-electron chi connectivity index (χ0n) is 22.4. The van der Waals surface area contributed by atoms with Crippen LogP contribution in [0.25, 0.3) is 0 Å². The molecule has 1 heterocycles. The highest BCUT2D eigenvalue weighted by atomic mass is 35.5. The number of allylic oxidation sites excluding steroid dienone is 3. The first-order valence-electron chi connectivity index (χ1n) is 13.0. The van der Waals surface area contributed by atoms with Crippen LogP contribution in [0, 0.1) is 41.1 Å². The van der Waals surface area contributed by atoms with Crippen LogP contribution in [-0.2, 0) is 11.4 Å². The number of hydrogen-bond acceptors (Lipinski definition) is 7. The molecule has 0 amide bonds. The molecule has 0 saturated carbocycles. The first-order valence-corrected chi connectivity index (χ1v) is 13.4. The second-order valence-corrected chi connectivity index (χ2v) is 10.5. The summed E-state index contributed by atoms with van der Waals surface area (Å²) in [5.41, 5.74) is 11.4. The van der Waals surface area contributed by atoms with Crippen molar-refractivity contribution in [1.82, 2.24) is 0 Å². The normalized spacial score (nSPS) is 16.9. The monoisotopic (exact) mass is 572 g/mol. The van der Waals surface area contributed by atoms with Gasteiger partial charge in [-0.1, -0.05) is 23.7 Å². The highest BCUT2D eigenvalue weighted by Crippen LogP contribution is 2.48. The summed E-state index contributed by atoms with van der Waals surface area (Å²) < 4.78 is 19.2. The number of nitriles is 1. The maximum atomic E-state index is 13.5. The molecular formula is C31H26ClFN4O4. The van der Waals surface area contributed by atoms with Crippen molar-refractivity contribution in [2.24, 2.45) is 5.73 Å². The number of nitrogens with zero attached hydrogens (tertiary/aromatic N) is 3. The predicted octanol–water partition coefficient (Wildman–Crippen LogP) is 6.89. The number of nitrogens with two attached hydrogens (primary N) is 1. The van der Waals surface area contributed by atoms with Gasteiger partial charge >= 0.3 is 0 Å². The van der Waals surface area contributed by atoms with Gasteiger partial charge in [-0.05, 0) is 85.3 Å². The zero-order chi connectivity index (χ0) is 29.4. The van der Waals surface area contributed by atoms with Crippen molar-refractivity contribution in [3.05, 3.63) is 120 Å². The molecule has 2 aliphatic rings. The van der Waals surface area contributed by atoms with Crippen LogP contribution in [0.1, 0.15) is 47.4 Å². The maximum Gasteiger partial charge on any atom is 0.289 e. The van der Waals surface area contributed by atoms with Crippen molar-refractivity contribution in [3.8, 4) is 11.8 Å². The van der Waals surface area contributed by atoms with Crippen molar-refractivity contribution < 1.29 is 18.8 Å². The zero-order valence-corrected chi connectivity index (χ0v) is 23.2. The third kappa shape index (κ3) is 5.14. The SMILES string of the molecule is Cc1cc(C)c(C2C(C#N)=C(N)N(c3ccc(Cl)c([N+](=O)[O-])c3)C3=C2C(=O)CCC3)cc1COc1ccc(F)cc1. The lowest BCUT2D eigenvalue weighted by Gasteiger charge is -2.40. The lowest BCUT2D eigenvalue weighted by Crippen LogP contribution is -2.39. The van der Waals surface area contributed by atoms with Crippen LogP contribution in [0.2, 0.25) is 5.02 Å². The first kappa shape index (κ1) is 27.9. The highest BCUT2D eigenvalue weighted by molar-refractivity contribution is 6.32. The quantitative estimate of drug-likeness (QED) is 0.252. The van der Waals surface area contributed by atoms with E-state index in [1.54, 1.807) is 23.1 Å². The molecule has 0 bridgehead atoms. The largest absolute Gasteiger partial charge is 0.489 e. The van der Waals surface area contributed by atoms with E-state index in [1.165, 1.54) is 24.3 Å². The Hall–Kier alpha value is -4.68. The number of carbonyl (C=O) groups excluding carboxylic acids is 1.